The summed E-state index contributed by atoms with van der Waals surface area (Å²) in [6, 6.07) is 9.16. The molecule has 0 spiro atoms. The number of carbonyl (C=O) groups excluding carboxylic acids is 1. The molecule has 11 N–H and O–H groups in total. The number of nitrogens with two attached hydrogens (primary N) is 2. The molecule has 0 radical (unpaired) electrons. The third kappa shape index (κ3) is 18.4. The molecule has 3 unspecified atom stereocenters. The topological polar surface area (TPSA) is 427 Å². The molecule has 7 rings (SSSR count). The third-order valence-corrected chi connectivity index (χ3v) is 21.5. The van der Waals surface area contributed by atoms with Crippen molar-refractivity contribution in [2.24, 2.45) is 5.73 Å². The molecule has 3 aliphatic heterocycles. The van der Waals surface area contributed by atoms with E-state index in [9.17, 15) is 64.2 Å². The van der Waals surface area contributed by atoms with E-state index in [1.54, 1.807) is 12.1 Å². The lowest BCUT2D eigenvalue weighted by Gasteiger charge is -2.25. The Balaban J connectivity index is 0.870. The van der Waals surface area contributed by atoms with Crippen LogP contribution in [-0.4, -0.2) is 146 Å². The number of aliphatic hydroxyl groups excluding tert-OH is 1. The normalized spacial score (nSPS) is 21.7. The second-order valence-electron chi connectivity index (χ2n) is 22.6. The number of phosphoric acid groups is 3. The molecule has 4 aromatic rings. The smallest absolute Gasteiger partial charge is 0.387 e. The summed E-state index contributed by atoms with van der Waals surface area (Å²) < 4.78 is 139. The zero-order valence-corrected chi connectivity index (χ0v) is 54.5. The van der Waals surface area contributed by atoms with Gasteiger partial charge in [-0.15, -0.1) is 0 Å². The average Bonchev–Trinajstić information content (AvgIpc) is 1.63. The van der Waals surface area contributed by atoms with E-state index < -0.39 is 85.7 Å². The van der Waals surface area contributed by atoms with Gasteiger partial charge in [0.15, 0.2) is 23.4 Å². The summed E-state index contributed by atoms with van der Waals surface area (Å²) in [5.74, 6) is -0.0521. The van der Waals surface area contributed by atoms with E-state index in [4.69, 9.17) is 25.5 Å². The highest BCUT2D eigenvalue weighted by atomic mass is 32.2. The van der Waals surface area contributed by atoms with Crippen molar-refractivity contribution < 1.29 is 95.9 Å². The van der Waals surface area contributed by atoms with Crippen molar-refractivity contribution in [2.45, 2.75) is 157 Å². The van der Waals surface area contributed by atoms with E-state index in [2.05, 4.69) is 42.9 Å². The molecular weight excluding hydrogens is 1260 g/mol. The van der Waals surface area contributed by atoms with Gasteiger partial charge < -0.3 is 50.9 Å². The molecule has 0 aliphatic carbocycles. The summed E-state index contributed by atoms with van der Waals surface area (Å²) in [4.78, 5) is 57.3. The molecule has 89 heavy (non-hydrogen) atoms. The Labute approximate surface area is 517 Å². The number of carbonyl (C=O) groups is 1. The number of phosphoric ester groups is 2. The number of fused-ring (bicyclic) bond motifs is 3. The fraction of sp³-hybridized carbons (Fsp3) is 0.545. The Hall–Kier alpha value is -4.98. The SMILES string of the molecule is CCN1/C(=C/C=C/C=C/C2=[N+](CCCCCC(=O)NCCCCCCO[C@@H]3[C@H](O)[C@@H](COP(=O)(O)OP(=O)(O)OP(=O)(O)OCCCCCCN)O[C@H]3n3cnc4c(N)ncnc43)c3ccc(S(=O)(=O)O)cc3C2(C)C)C(C)(C)c2cc(S(=O)(=O)O)ccc21. The highest BCUT2D eigenvalue weighted by Gasteiger charge is 2.49. The summed E-state index contributed by atoms with van der Waals surface area (Å²) in [6.45, 7) is 10.8. The zero-order valence-electron chi connectivity index (χ0n) is 50.1. The van der Waals surface area contributed by atoms with Gasteiger partial charge in [0.1, 0.15) is 36.7 Å². The lowest BCUT2D eigenvalue weighted by molar-refractivity contribution is -0.438. The lowest BCUT2D eigenvalue weighted by atomic mass is 9.81. The van der Waals surface area contributed by atoms with Crippen LogP contribution in [0.2, 0.25) is 0 Å². The van der Waals surface area contributed by atoms with Gasteiger partial charge >= 0.3 is 23.5 Å². The maximum Gasteiger partial charge on any atom is 0.490 e. The number of unbranched alkanes of at least 4 members (excludes halogenated alkanes) is 8. The summed E-state index contributed by atoms with van der Waals surface area (Å²) >= 11 is 0. The van der Waals surface area contributed by atoms with Crippen molar-refractivity contribution in [1.29, 1.82) is 0 Å². The molecule has 0 saturated carbocycles. The van der Waals surface area contributed by atoms with Crippen LogP contribution in [0.5, 0.6) is 0 Å². The number of rotatable bonds is 35. The summed E-state index contributed by atoms with van der Waals surface area (Å²) in [5.41, 5.74) is 15.6. The number of hydrogen-bond donors (Lipinski definition) is 9. The van der Waals surface area contributed by atoms with Gasteiger partial charge in [-0.2, -0.15) is 30.0 Å². The minimum Gasteiger partial charge on any atom is -0.387 e. The molecule has 492 valence electrons. The number of nitrogen functional groups attached to an aromatic ring is 1. The van der Waals surface area contributed by atoms with Crippen molar-refractivity contribution in [3.63, 3.8) is 0 Å². The van der Waals surface area contributed by atoms with E-state index in [0.29, 0.717) is 96.8 Å². The maximum atomic E-state index is 12.9. The van der Waals surface area contributed by atoms with Crippen molar-refractivity contribution in [2.75, 3.05) is 56.6 Å². The minimum absolute atomic E-state index is 0.0511. The molecule has 1 amide bonds. The number of nitrogens with zero attached hydrogens (tertiary/aromatic N) is 6. The molecule has 34 heteroatoms. The molecular formula is C55H81N9O20P3S2+. The number of likely N-dealkylation sites (N-methyl/N-ethyl adjacent to an activating group) is 1. The molecule has 5 heterocycles. The van der Waals surface area contributed by atoms with E-state index in [-0.39, 0.29) is 52.3 Å². The van der Waals surface area contributed by atoms with Crippen molar-refractivity contribution >= 4 is 83.7 Å². The van der Waals surface area contributed by atoms with Crippen LogP contribution in [-0.2, 0) is 76.7 Å². The fourth-order valence-corrected chi connectivity index (χ4v) is 15.6. The van der Waals surface area contributed by atoms with Gasteiger partial charge in [0.2, 0.25) is 11.6 Å². The number of hydrogen-bond acceptors (Lipinski definition) is 21. The van der Waals surface area contributed by atoms with Gasteiger partial charge in [0.05, 0.1) is 34.7 Å². The predicted octanol–water partition coefficient (Wildman–Crippen LogP) is 7.56. The van der Waals surface area contributed by atoms with Crippen LogP contribution in [0, 0.1) is 0 Å². The first kappa shape index (κ1) is 71.5. The zero-order chi connectivity index (χ0) is 65.2. The van der Waals surface area contributed by atoms with Crippen LogP contribution in [0.15, 0.2) is 94.9 Å². The Morgan fingerprint density at radius 1 is 0.787 bits per heavy atom. The quantitative estimate of drug-likeness (QED) is 0.00705. The molecule has 1 fully saturated rings. The number of benzene rings is 2. The highest BCUT2D eigenvalue weighted by Crippen LogP contribution is 2.68. The first-order chi connectivity index (χ1) is 41.8. The average molecular weight is 1350 g/mol. The van der Waals surface area contributed by atoms with E-state index in [1.165, 1.54) is 41.5 Å². The Morgan fingerprint density at radius 3 is 2.11 bits per heavy atom. The summed E-state index contributed by atoms with van der Waals surface area (Å²) in [5, 5.41) is 14.4. The summed E-state index contributed by atoms with van der Waals surface area (Å²) in [7, 11) is -25.5. The number of allylic oxidation sites excluding steroid dienone is 6. The predicted molar refractivity (Wildman–Crippen MR) is 328 cm³/mol. The maximum absolute atomic E-state index is 12.9. The van der Waals surface area contributed by atoms with Gasteiger partial charge in [-0.25, -0.2) is 28.6 Å². The first-order valence-electron chi connectivity index (χ1n) is 29.1. The molecule has 2 aromatic carbocycles. The van der Waals surface area contributed by atoms with Crippen LogP contribution in [0.4, 0.5) is 17.2 Å². The monoisotopic (exact) mass is 1340 g/mol. The highest BCUT2D eigenvalue weighted by molar-refractivity contribution is 7.86. The standard InChI is InChI=1S/C55H80N9O20P3S2/c1-6-62-42-26-24-38(88(73,74)75)33-40(42)54(2,3)45(62)21-13-11-14-22-46-55(4,5)41-34-39(89(76,77)78)25-27-43(41)63(46)30-18-12-15-23-47(65)58-29-17-8-10-19-31-79-50-49(66)44(82-53(50)64-37-61-48-51(57)59-36-60-52(48)64)35-81-86(69,70)84-87(71,72)83-85(67,68)80-32-20-9-7-16-28-56/h11,13-14,21-22,24-27,33-34,36-37,44,49-50,53,66H,6-10,12,15-20,23,28-32,35,56H2,1-5H3,(H7-,57,58,59,60,65,67,68,69,70,71,72,73,74,75,76,77,78)/p+1/t44-,49-,50-,53-/m1/s1. The first-order valence-corrected chi connectivity index (χ1v) is 36.5. The number of anilines is 2. The number of ether oxygens (including phenoxy) is 2. The van der Waals surface area contributed by atoms with E-state index in [0.717, 1.165) is 33.9 Å². The van der Waals surface area contributed by atoms with Gasteiger partial charge in [-0.3, -0.25) is 27.5 Å². The van der Waals surface area contributed by atoms with Crippen LogP contribution in [0.1, 0.15) is 129 Å². The second-order valence-corrected chi connectivity index (χ2v) is 30.1. The molecule has 3 aliphatic rings. The second kappa shape index (κ2) is 30.2. The largest absolute Gasteiger partial charge is 0.490 e. The molecule has 0 bridgehead atoms. The van der Waals surface area contributed by atoms with Crippen molar-refractivity contribution in [3.05, 3.63) is 96.3 Å². The number of nitrogens with one attached hydrogen (secondary N) is 1. The molecule has 29 nitrogen and oxygen atoms in total. The molecule has 1 saturated heterocycles. The van der Waals surface area contributed by atoms with Crippen molar-refractivity contribution in [1.82, 2.24) is 24.8 Å². The number of aliphatic hydroxyl groups is 1. The number of imidazole rings is 1. The van der Waals surface area contributed by atoms with Gasteiger partial charge in [0, 0.05) is 67.0 Å². The Bertz CT molecular complexity index is 3690. The van der Waals surface area contributed by atoms with Crippen LogP contribution >= 0.6 is 23.5 Å². The van der Waals surface area contributed by atoms with Crippen LogP contribution < -0.4 is 21.7 Å². The van der Waals surface area contributed by atoms with Crippen molar-refractivity contribution in [3.8, 4) is 0 Å². The number of aromatic nitrogens is 4. The number of amides is 1. The van der Waals surface area contributed by atoms with Gasteiger partial charge in [-0.1, -0.05) is 57.8 Å². The van der Waals surface area contributed by atoms with Gasteiger partial charge in [-0.05, 0) is 108 Å². The van der Waals surface area contributed by atoms with E-state index >= 15 is 0 Å². The van der Waals surface area contributed by atoms with Crippen LogP contribution in [0.3, 0.4) is 0 Å². The molecule has 2 aromatic heterocycles. The fourth-order valence-electron chi connectivity index (χ4n) is 11.0. The third-order valence-electron chi connectivity index (χ3n) is 15.5. The lowest BCUT2D eigenvalue weighted by Crippen LogP contribution is -2.36. The summed E-state index contributed by atoms with van der Waals surface area (Å²) in [6.07, 6.45) is 13.9. The van der Waals surface area contributed by atoms with E-state index in [1.807, 2.05) is 65.0 Å². The Morgan fingerprint density at radius 2 is 1.43 bits per heavy atom. The van der Waals surface area contributed by atoms with Gasteiger partial charge in [0.25, 0.3) is 20.2 Å². The Kier molecular flexibility index (Phi) is 24.2. The minimum atomic E-state index is -5.77. The van der Waals surface area contributed by atoms with Crippen LogP contribution in [0.25, 0.3) is 11.2 Å². The molecule has 7 atom stereocenters.